The minimum Gasteiger partial charge on any atom is -0.315 e. The Labute approximate surface area is 158 Å². The molecule has 1 saturated heterocycles. The van der Waals surface area contributed by atoms with Gasteiger partial charge in [0.2, 0.25) is 0 Å². The molecule has 134 valence electrons. The number of benzene rings is 3. The van der Waals surface area contributed by atoms with Gasteiger partial charge >= 0.3 is 6.03 Å². The van der Waals surface area contributed by atoms with E-state index < -0.39 is 5.54 Å². The van der Waals surface area contributed by atoms with Crippen LogP contribution < -0.4 is 5.32 Å². The molecule has 1 aliphatic rings. The van der Waals surface area contributed by atoms with Crippen LogP contribution in [-0.2, 0) is 16.9 Å². The number of nitrogens with one attached hydrogen (secondary N) is 1. The third-order valence-corrected chi connectivity index (χ3v) is 5.11. The molecule has 0 saturated carbocycles. The summed E-state index contributed by atoms with van der Waals surface area (Å²) in [7, 11) is 0. The number of carbonyl (C=O) groups is 2. The van der Waals surface area contributed by atoms with Crippen molar-refractivity contribution in [3.63, 3.8) is 0 Å². The predicted octanol–water partition coefficient (Wildman–Crippen LogP) is 3.99. The fourth-order valence-electron chi connectivity index (χ4n) is 3.61. The van der Waals surface area contributed by atoms with Gasteiger partial charge in [0, 0.05) is 0 Å². The molecule has 3 amide bonds. The molecule has 4 heteroatoms. The lowest BCUT2D eigenvalue weighted by Gasteiger charge is -2.28. The monoisotopic (exact) mass is 356 g/mol. The van der Waals surface area contributed by atoms with Crippen LogP contribution in [0, 0.1) is 6.92 Å². The van der Waals surface area contributed by atoms with Gasteiger partial charge in [-0.05, 0) is 29.2 Å². The third kappa shape index (κ3) is 2.79. The van der Waals surface area contributed by atoms with Crippen molar-refractivity contribution in [2.75, 3.05) is 0 Å². The number of hydrogen-bond donors (Lipinski definition) is 1. The quantitative estimate of drug-likeness (QED) is 0.719. The standard InChI is InChI=1S/C23H20N2O2/c1-17-10-8-9-11-18(17)16-25-21(26)23(24-22(25)27,19-12-4-2-5-13-19)20-14-6-3-7-15-20/h2-15H,16H2,1H3,(H,24,27). The summed E-state index contributed by atoms with van der Waals surface area (Å²) < 4.78 is 0. The predicted molar refractivity (Wildman–Crippen MR) is 104 cm³/mol. The van der Waals surface area contributed by atoms with Crippen LogP contribution in [0.4, 0.5) is 4.79 Å². The highest BCUT2D eigenvalue weighted by molar-refractivity contribution is 6.09. The van der Waals surface area contributed by atoms with Crippen molar-refractivity contribution in [2.24, 2.45) is 0 Å². The zero-order valence-corrected chi connectivity index (χ0v) is 15.1. The maximum atomic E-state index is 13.6. The molecule has 4 nitrogen and oxygen atoms in total. The summed E-state index contributed by atoms with van der Waals surface area (Å²) >= 11 is 0. The fraction of sp³-hybridized carbons (Fsp3) is 0.130. The highest BCUT2D eigenvalue weighted by Crippen LogP contribution is 2.36. The van der Waals surface area contributed by atoms with E-state index in [0.717, 1.165) is 22.3 Å². The average Bonchev–Trinajstić information content (AvgIpc) is 2.96. The van der Waals surface area contributed by atoms with Crippen molar-refractivity contribution in [1.29, 1.82) is 0 Å². The van der Waals surface area contributed by atoms with Gasteiger partial charge in [-0.2, -0.15) is 0 Å². The van der Waals surface area contributed by atoms with Crippen LogP contribution in [0.2, 0.25) is 0 Å². The number of urea groups is 1. The molecule has 0 aliphatic carbocycles. The van der Waals surface area contributed by atoms with Gasteiger partial charge in [0.05, 0.1) is 6.54 Å². The molecule has 0 radical (unpaired) electrons. The smallest absolute Gasteiger partial charge is 0.315 e. The molecule has 3 aromatic carbocycles. The summed E-state index contributed by atoms with van der Waals surface area (Å²) in [5.74, 6) is -0.256. The first-order valence-electron chi connectivity index (χ1n) is 8.92. The molecule has 1 heterocycles. The summed E-state index contributed by atoms with van der Waals surface area (Å²) in [6.45, 7) is 2.23. The molecule has 1 fully saturated rings. The number of nitrogens with zero attached hydrogens (tertiary/aromatic N) is 1. The lowest BCUT2D eigenvalue weighted by molar-refractivity contribution is -0.130. The van der Waals surface area contributed by atoms with Crippen LogP contribution in [0.3, 0.4) is 0 Å². The van der Waals surface area contributed by atoms with Crippen LogP contribution in [0.1, 0.15) is 22.3 Å². The fourth-order valence-corrected chi connectivity index (χ4v) is 3.61. The molecular formula is C23H20N2O2. The summed E-state index contributed by atoms with van der Waals surface area (Å²) in [4.78, 5) is 27.8. The topological polar surface area (TPSA) is 49.4 Å². The van der Waals surface area contributed by atoms with Crippen LogP contribution >= 0.6 is 0 Å². The number of carbonyl (C=O) groups excluding carboxylic acids is 2. The van der Waals surface area contributed by atoms with Crippen molar-refractivity contribution in [3.05, 3.63) is 107 Å². The molecule has 4 rings (SSSR count). The SMILES string of the molecule is Cc1ccccc1CN1C(=O)NC(c2ccccc2)(c2ccccc2)C1=O. The van der Waals surface area contributed by atoms with Crippen molar-refractivity contribution in [2.45, 2.75) is 19.0 Å². The van der Waals surface area contributed by atoms with E-state index in [-0.39, 0.29) is 18.5 Å². The first-order chi connectivity index (χ1) is 13.1. The number of rotatable bonds is 4. The Kier molecular flexibility index (Phi) is 4.24. The van der Waals surface area contributed by atoms with E-state index in [1.807, 2.05) is 91.9 Å². The first kappa shape index (κ1) is 17.0. The Bertz CT molecular complexity index is 944. The molecule has 1 aliphatic heterocycles. The highest BCUT2D eigenvalue weighted by Gasteiger charge is 2.53. The zero-order chi connectivity index (χ0) is 18.9. The summed E-state index contributed by atoms with van der Waals surface area (Å²) in [6, 6.07) is 26.2. The van der Waals surface area contributed by atoms with Crippen molar-refractivity contribution in [3.8, 4) is 0 Å². The first-order valence-corrected chi connectivity index (χ1v) is 8.92. The van der Waals surface area contributed by atoms with Gasteiger partial charge in [0.1, 0.15) is 0 Å². The number of aryl methyl sites for hydroxylation is 1. The Morgan fingerprint density at radius 3 is 1.85 bits per heavy atom. The molecule has 0 bridgehead atoms. The Morgan fingerprint density at radius 1 is 0.778 bits per heavy atom. The van der Waals surface area contributed by atoms with Crippen LogP contribution in [-0.4, -0.2) is 16.8 Å². The molecule has 27 heavy (non-hydrogen) atoms. The van der Waals surface area contributed by atoms with Crippen molar-refractivity contribution in [1.82, 2.24) is 10.2 Å². The second-order valence-corrected chi connectivity index (χ2v) is 6.73. The Hall–Kier alpha value is -3.40. The molecule has 0 aromatic heterocycles. The van der Waals surface area contributed by atoms with Crippen molar-refractivity contribution < 1.29 is 9.59 Å². The minimum atomic E-state index is -1.21. The Balaban J connectivity index is 1.81. The van der Waals surface area contributed by atoms with E-state index in [2.05, 4.69) is 5.32 Å². The van der Waals surface area contributed by atoms with E-state index in [9.17, 15) is 9.59 Å². The van der Waals surface area contributed by atoms with E-state index in [1.54, 1.807) is 0 Å². The van der Waals surface area contributed by atoms with Gasteiger partial charge in [-0.1, -0.05) is 84.9 Å². The van der Waals surface area contributed by atoms with E-state index >= 15 is 0 Å². The minimum absolute atomic E-state index is 0.249. The van der Waals surface area contributed by atoms with E-state index in [4.69, 9.17) is 0 Å². The maximum absolute atomic E-state index is 13.6. The van der Waals surface area contributed by atoms with Gasteiger partial charge in [-0.15, -0.1) is 0 Å². The molecule has 0 atom stereocenters. The Morgan fingerprint density at radius 2 is 1.30 bits per heavy atom. The lowest BCUT2D eigenvalue weighted by atomic mass is 9.82. The summed E-state index contributed by atoms with van der Waals surface area (Å²) in [6.07, 6.45) is 0. The van der Waals surface area contributed by atoms with E-state index in [1.165, 1.54) is 4.90 Å². The average molecular weight is 356 g/mol. The van der Waals surface area contributed by atoms with E-state index in [0.29, 0.717) is 0 Å². The second-order valence-electron chi connectivity index (χ2n) is 6.73. The van der Waals surface area contributed by atoms with Gasteiger partial charge in [0.15, 0.2) is 5.54 Å². The largest absolute Gasteiger partial charge is 0.325 e. The van der Waals surface area contributed by atoms with Crippen LogP contribution in [0.15, 0.2) is 84.9 Å². The molecule has 1 N–H and O–H groups in total. The zero-order valence-electron chi connectivity index (χ0n) is 15.1. The molecule has 0 unspecified atom stereocenters. The highest BCUT2D eigenvalue weighted by atomic mass is 16.2. The normalized spacial score (nSPS) is 15.7. The van der Waals surface area contributed by atoms with Gasteiger partial charge < -0.3 is 5.32 Å². The van der Waals surface area contributed by atoms with Gasteiger partial charge in [-0.25, -0.2) is 4.79 Å². The summed E-state index contributed by atoms with van der Waals surface area (Å²) in [5.41, 5.74) is 2.30. The third-order valence-electron chi connectivity index (χ3n) is 5.11. The number of hydrogen-bond acceptors (Lipinski definition) is 2. The molecule has 3 aromatic rings. The van der Waals surface area contributed by atoms with Crippen LogP contribution in [0.25, 0.3) is 0 Å². The summed E-state index contributed by atoms with van der Waals surface area (Å²) in [5, 5.41) is 2.98. The van der Waals surface area contributed by atoms with Crippen LogP contribution in [0.5, 0.6) is 0 Å². The lowest BCUT2D eigenvalue weighted by Crippen LogP contribution is -2.45. The van der Waals surface area contributed by atoms with Crippen molar-refractivity contribution >= 4 is 11.9 Å². The number of amides is 3. The van der Waals surface area contributed by atoms with Gasteiger partial charge in [0.25, 0.3) is 5.91 Å². The molecule has 0 spiro atoms. The maximum Gasteiger partial charge on any atom is 0.325 e. The van der Waals surface area contributed by atoms with Gasteiger partial charge in [-0.3, -0.25) is 9.69 Å². The molecular weight excluding hydrogens is 336 g/mol. The second kappa shape index (κ2) is 6.72. The number of imide groups is 1.